The molecule has 0 saturated heterocycles. The van der Waals surface area contributed by atoms with Crippen LogP contribution in [0, 0.1) is 11.3 Å². The Morgan fingerprint density at radius 3 is 2.62 bits per heavy atom. The predicted molar refractivity (Wildman–Crippen MR) is 51.3 cm³/mol. The van der Waals surface area contributed by atoms with E-state index >= 15 is 0 Å². The molecule has 13 heavy (non-hydrogen) atoms. The van der Waals surface area contributed by atoms with Gasteiger partial charge in [-0.3, -0.25) is 0 Å². The predicted octanol–water partition coefficient (Wildman–Crippen LogP) is 1.45. The summed E-state index contributed by atoms with van der Waals surface area (Å²) in [6.45, 7) is 3.43. The summed E-state index contributed by atoms with van der Waals surface area (Å²) in [6, 6.07) is 2.69. The van der Waals surface area contributed by atoms with Gasteiger partial charge in [-0.2, -0.15) is 5.26 Å². The van der Waals surface area contributed by atoms with Crippen LogP contribution in [0.1, 0.15) is 32.6 Å². The number of ether oxygens (including phenoxy) is 1. The van der Waals surface area contributed by atoms with Crippen molar-refractivity contribution in [3.05, 3.63) is 0 Å². The molecular formula is C10H18N2O. The van der Waals surface area contributed by atoms with Gasteiger partial charge in [0.1, 0.15) is 6.61 Å². The fourth-order valence-corrected chi connectivity index (χ4v) is 1.88. The number of hydrogen-bond donors (Lipinski definition) is 1. The zero-order valence-electron chi connectivity index (χ0n) is 8.25. The van der Waals surface area contributed by atoms with E-state index in [1.807, 2.05) is 6.07 Å². The van der Waals surface area contributed by atoms with Crippen LogP contribution in [0.25, 0.3) is 0 Å². The van der Waals surface area contributed by atoms with Crippen molar-refractivity contribution < 1.29 is 4.74 Å². The molecule has 0 unspecified atom stereocenters. The summed E-state index contributed by atoms with van der Waals surface area (Å²) in [5.41, 5.74) is 0. The molecule has 0 aliphatic heterocycles. The molecule has 0 aromatic rings. The monoisotopic (exact) mass is 182 g/mol. The van der Waals surface area contributed by atoms with E-state index in [1.165, 1.54) is 12.8 Å². The van der Waals surface area contributed by atoms with Gasteiger partial charge in [-0.15, -0.1) is 0 Å². The van der Waals surface area contributed by atoms with Crippen molar-refractivity contribution in [3.63, 3.8) is 0 Å². The van der Waals surface area contributed by atoms with Crippen molar-refractivity contribution >= 4 is 0 Å². The maximum atomic E-state index is 8.35. The third-order valence-corrected chi connectivity index (χ3v) is 2.55. The average Bonchev–Trinajstić information content (AvgIpc) is 2.17. The summed E-state index contributed by atoms with van der Waals surface area (Å²) in [7, 11) is 0. The molecule has 1 aliphatic rings. The fraction of sp³-hybridized carbons (Fsp3) is 0.900. The molecular weight excluding hydrogens is 164 g/mol. The quantitative estimate of drug-likeness (QED) is 0.715. The van der Waals surface area contributed by atoms with E-state index in [2.05, 4.69) is 12.2 Å². The topological polar surface area (TPSA) is 45.0 Å². The largest absolute Gasteiger partial charge is 0.363 e. The first-order valence-corrected chi connectivity index (χ1v) is 5.08. The molecule has 0 spiro atoms. The highest BCUT2D eigenvalue weighted by atomic mass is 16.5. The standard InChI is InChI=1S/C10H18N2O/c1-2-12-9-3-5-10(6-4-9)13-8-7-11/h9-10,12H,2-6,8H2,1H3. The summed E-state index contributed by atoms with van der Waals surface area (Å²) >= 11 is 0. The Kier molecular flexibility index (Phi) is 4.81. The van der Waals surface area contributed by atoms with Gasteiger partial charge in [-0.1, -0.05) is 6.92 Å². The van der Waals surface area contributed by atoms with Crippen molar-refractivity contribution in [1.82, 2.24) is 5.32 Å². The van der Waals surface area contributed by atoms with Crippen molar-refractivity contribution in [2.45, 2.75) is 44.8 Å². The van der Waals surface area contributed by atoms with E-state index < -0.39 is 0 Å². The van der Waals surface area contributed by atoms with Gasteiger partial charge in [0, 0.05) is 6.04 Å². The smallest absolute Gasteiger partial charge is 0.134 e. The van der Waals surface area contributed by atoms with E-state index in [4.69, 9.17) is 10.00 Å². The van der Waals surface area contributed by atoms with Crippen molar-refractivity contribution in [2.24, 2.45) is 0 Å². The minimum atomic E-state index is 0.247. The first-order chi connectivity index (χ1) is 6.36. The summed E-state index contributed by atoms with van der Waals surface area (Å²) in [5, 5.41) is 11.8. The molecule has 1 aliphatic carbocycles. The molecule has 0 bridgehead atoms. The molecule has 3 nitrogen and oxygen atoms in total. The second-order valence-corrected chi connectivity index (χ2v) is 3.50. The van der Waals surface area contributed by atoms with Crippen LogP contribution in [-0.4, -0.2) is 25.3 Å². The Labute approximate surface area is 80.1 Å². The Morgan fingerprint density at radius 2 is 2.08 bits per heavy atom. The molecule has 1 fully saturated rings. The molecule has 3 heteroatoms. The number of rotatable bonds is 4. The fourth-order valence-electron chi connectivity index (χ4n) is 1.88. The van der Waals surface area contributed by atoms with Gasteiger partial charge >= 0.3 is 0 Å². The van der Waals surface area contributed by atoms with E-state index in [0.29, 0.717) is 12.1 Å². The summed E-state index contributed by atoms with van der Waals surface area (Å²) in [6.07, 6.45) is 4.89. The van der Waals surface area contributed by atoms with Gasteiger partial charge in [-0.25, -0.2) is 0 Å². The third kappa shape index (κ3) is 3.75. The van der Waals surface area contributed by atoms with Gasteiger partial charge in [0.15, 0.2) is 0 Å². The van der Waals surface area contributed by atoms with Crippen molar-refractivity contribution in [1.29, 1.82) is 5.26 Å². The number of nitriles is 1. The highest BCUT2D eigenvalue weighted by Crippen LogP contribution is 2.20. The van der Waals surface area contributed by atoms with Crippen molar-refractivity contribution in [2.75, 3.05) is 13.2 Å². The van der Waals surface area contributed by atoms with Crippen LogP contribution < -0.4 is 5.32 Å². The van der Waals surface area contributed by atoms with E-state index in [1.54, 1.807) is 0 Å². The number of nitrogens with one attached hydrogen (secondary N) is 1. The first-order valence-electron chi connectivity index (χ1n) is 5.08. The van der Waals surface area contributed by atoms with E-state index in [-0.39, 0.29) is 6.61 Å². The molecule has 0 radical (unpaired) electrons. The Balaban J connectivity index is 2.12. The van der Waals surface area contributed by atoms with Crippen LogP contribution in [0.5, 0.6) is 0 Å². The molecule has 0 heterocycles. The highest BCUT2D eigenvalue weighted by Gasteiger charge is 2.20. The molecule has 0 amide bonds. The lowest BCUT2D eigenvalue weighted by atomic mass is 9.93. The average molecular weight is 182 g/mol. The van der Waals surface area contributed by atoms with Gasteiger partial charge < -0.3 is 10.1 Å². The van der Waals surface area contributed by atoms with Crippen LogP contribution in [0.2, 0.25) is 0 Å². The first kappa shape index (κ1) is 10.5. The van der Waals surface area contributed by atoms with E-state index in [9.17, 15) is 0 Å². The van der Waals surface area contributed by atoms with Crippen LogP contribution >= 0.6 is 0 Å². The Bertz CT molecular complexity index is 168. The minimum Gasteiger partial charge on any atom is -0.363 e. The lowest BCUT2D eigenvalue weighted by Crippen LogP contribution is -2.35. The second-order valence-electron chi connectivity index (χ2n) is 3.50. The Hall–Kier alpha value is -0.590. The maximum absolute atomic E-state index is 8.35. The SMILES string of the molecule is CCNC1CCC(OCC#N)CC1. The number of nitrogens with zero attached hydrogens (tertiary/aromatic N) is 1. The highest BCUT2D eigenvalue weighted by molar-refractivity contribution is 4.78. The molecule has 1 saturated carbocycles. The van der Waals surface area contributed by atoms with E-state index in [0.717, 1.165) is 19.4 Å². The van der Waals surface area contributed by atoms with Gasteiger partial charge in [0.05, 0.1) is 12.2 Å². The zero-order valence-corrected chi connectivity index (χ0v) is 8.25. The normalized spacial score (nSPS) is 28.3. The maximum Gasteiger partial charge on any atom is 0.134 e. The lowest BCUT2D eigenvalue weighted by Gasteiger charge is -2.28. The molecule has 1 rings (SSSR count). The molecule has 0 aromatic heterocycles. The van der Waals surface area contributed by atoms with Crippen LogP contribution in [-0.2, 0) is 4.74 Å². The summed E-state index contributed by atoms with van der Waals surface area (Å²) in [4.78, 5) is 0. The summed E-state index contributed by atoms with van der Waals surface area (Å²) in [5.74, 6) is 0. The third-order valence-electron chi connectivity index (χ3n) is 2.55. The lowest BCUT2D eigenvalue weighted by molar-refractivity contribution is 0.0421. The number of hydrogen-bond acceptors (Lipinski definition) is 3. The van der Waals surface area contributed by atoms with Crippen LogP contribution in [0.3, 0.4) is 0 Å². The van der Waals surface area contributed by atoms with Gasteiger partial charge in [0.2, 0.25) is 0 Å². The molecule has 1 N–H and O–H groups in total. The zero-order chi connectivity index (χ0) is 9.52. The van der Waals surface area contributed by atoms with Crippen molar-refractivity contribution in [3.8, 4) is 6.07 Å². The van der Waals surface area contributed by atoms with Crippen LogP contribution in [0.4, 0.5) is 0 Å². The second kappa shape index (κ2) is 5.95. The van der Waals surface area contributed by atoms with Gasteiger partial charge in [-0.05, 0) is 32.2 Å². The molecule has 0 atom stereocenters. The summed E-state index contributed by atoms with van der Waals surface area (Å²) < 4.78 is 5.37. The van der Waals surface area contributed by atoms with Gasteiger partial charge in [0.25, 0.3) is 0 Å². The molecule has 74 valence electrons. The minimum absolute atomic E-state index is 0.247. The Morgan fingerprint density at radius 1 is 1.38 bits per heavy atom. The van der Waals surface area contributed by atoms with Crippen LogP contribution in [0.15, 0.2) is 0 Å². The molecule has 0 aromatic carbocycles.